The molecule has 27 heavy (non-hydrogen) atoms. The molecule has 4 rings (SSSR count). The minimum Gasteiger partial charge on any atom is -0.593 e. The third-order valence-electron chi connectivity index (χ3n) is 5.53. The van der Waals surface area contributed by atoms with Gasteiger partial charge >= 0.3 is 0 Å². The smallest absolute Gasteiger partial charge is 0.198 e. The first kappa shape index (κ1) is 18.4. The highest BCUT2D eigenvalue weighted by Crippen LogP contribution is 2.35. The maximum absolute atomic E-state index is 12.5. The van der Waals surface area contributed by atoms with E-state index >= 15 is 0 Å². The van der Waals surface area contributed by atoms with Gasteiger partial charge in [-0.25, -0.2) is 0 Å². The lowest BCUT2D eigenvalue weighted by Crippen LogP contribution is -2.54. The number of benzene rings is 2. The van der Waals surface area contributed by atoms with Crippen molar-refractivity contribution in [2.24, 2.45) is 0 Å². The summed E-state index contributed by atoms with van der Waals surface area (Å²) in [5.74, 6) is 0.873. The van der Waals surface area contributed by atoms with Crippen molar-refractivity contribution in [3.63, 3.8) is 0 Å². The number of nitrogens with one attached hydrogen (secondary N) is 2. The SMILES string of the molecule is COc1cccc(CN2CCC3(CC2)CN[S+](=O)([O-])c2ccccc2N3)c1. The van der Waals surface area contributed by atoms with Crippen molar-refractivity contribution in [2.45, 2.75) is 29.8 Å². The summed E-state index contributed by atoms with van der Waals surface area (Å²) in [4.78, 5) is 2.74. The van der Waals surface area contributed by atoms with E-state index in [0.717, 1.165) is 38.2 Å². The molecule has 0 aromatic heterocycles. The summed E-state index contributed by atoms with van der Waals surface area (Å²) >= 11 is 0. The second-order valence-corrected chi connectivity index (χ2v) is 9.09. The minimum atomic E-state index is -3.46. The molecule has 0 saturated carbocycles. The molecule has 2 aliphatic rings. The van der Waals surface area contributed by atoms with Gasteiger partial charge in [0.25, 0.3) is 0 Å². The van der Waals surface area contributed by atoms with Gasteiger partial charge in [0.1, 0.15) is 5.75 Å². The van der Waals surface area contributed by atoms with Crippen LogP contribution in [0.1, 0.15) is 18.4 Å². The van der Waals surface area contributed by atoms with Gasteiger partial charge in [-0.1, -0.05) is 28.5 Å². The monoisotopic (exact) mass is 387 g/mol. The fraction of sp³-hybridized carbons (Fsp3) is 0.400. The van der Waals surface area contributed by atoms with E-state index in [1.54, 1.807) is 19.2 Å². The molecule has 0 amide bonds. The number of anilines is 1. The summed E-state index contributed by atoms with van der Waals surface area (Å²) in [5, 5.41) is 3.54. The molecule has 1 saturated heterocycles. The van der Waals surface area contributed by atoms with E-state index in [0.29, 0.717) is 17.1 Å². The Morgan fingerprint density at radius 1 is 1.19 bits per heavy atom. The number of methoxy groups -OCH3 is 1. The van der Waals surface area contributed by atoms with Gasteiger partial charge in [0.2, 0.25) is 0 Å². The summed E-state index contributed by atoms with van der Waals surface area (Å²) in [7, 11) is -1.78. The van der Waals surface area contributed by atoms with Gasteiger partial charge < -0.3 is 14.6 Å². The fourth-order valence-electron chi connectivity index (χ4n) is 3.91. The van der Waals surface area contributed by atoms with Crippen LogP contribution in [0.5, 0.6) is 5.75 Å². The van der Waals surface area contributed by atoms with Crippen molar-refractivity contribution in [1.82, 2.24) is 9.62 Å². The highest BCUT2D eigenvalue weighted by molar-refractivity contribution is 7.96. The number of para-hydroxylation sites is 1. The molecule has 6 nitrogen and oxygen atoms in total. The van der Waals surface area contributed by atoms with Crippen molar-refractivity contribution in [3.05, 3.63) is 54.1 Å². The predicted octanol–water partition coefficient (Wildman–Crippen LogP) is 2.65. The summed E-state index contributed by atoms with van der Waals surface area (Å²) in [5.41, 5.74) is 1.68. The Kier molecular flexibility index (Phi) is 4.94. The lowest BCUT2D eigenvalue weighted by molar-refractivity contribution is 0.167. The quantitative estimate of drug-likeness (QED) is 0.792. The lowest BCUT2D eigenvalue weighted by atomic mass is 9.87. The first-order valence-corrected chi connectivity index (χ1v) is 10.7. The largest absolute Gasteiger partial charge is 0.593 e. The van der Waals surface area contributed by atoms with Crippen molar-refractivity contribution in [1.29, 1.82) is 0 Å². The van der Waals surface area contributed by atoms with E-state index in [-0.39, 0.29) is 5.54 Å². The van der Waals surface area contributed by atoms with Crippen LogP contribution in [0.3, 0.4) is 0 Å². The molecule has 2 heterocycles. The number of hydrogen-bond acceptors (Lipinski definition) is 5. The van der Waals surface area contributed by atoms with Crippen LogP contribution in [0.25, 0.3) is 0 Å². The van der Waals surface area contributed by atoms with E-state index < -0.39 is 10.4 Å². The molecular formula is C20H25N3O3S. The first-order chi connectivity index (χ1) is 13.0. The third kappa shape index (κ3) is 3.87. The highest BCUT2D eigenvalue weighted by atomic mass is 32.3. The lowest BCUT2D eigenvalue weighted by Gasteiger charge is -2.41. The average molecular weight is 388 g/mol. The number of fused-ring (bicyclic) bond motifs is 1. The second kappa shape index (κ2) is 7.24. The van der Waals surface area contributed by atoms with E-state index in [1.165, 1.54) is 5.56 Å². The van der Waals surface area contributed by atoms with Gasteiger partial charge in [-0.05, 0) is 42.7 Å². The van der Waals surface area contributed by atoms with Crippen LogP contribution >= 0.6 is 0 Å². The summed E-state index contributed by atoms with van der Waals surface area (Å²) in [6, 6.07) is 15.3. The average Bonchev–Trinajstić information content (AvgIpc) is 2.79. The molecule has 1 unspecified atom stereocenters. The number of piperidine rings is 1. The summed E-state index contributed by atoms with van der Waals surface area (Å²) in [6.45, 7) is 3.11. The van der Waals surface area contributed by atoms with Gasteiger partial charge in [0, 0.05) is 19.6 Å². The molecule has 0 radical (unpaired) electrons. The molecule has 0 aliphatic carbocycles. The standard InChI is InChI=1S/C20H25N3O3S/c1-26-17-6-4-5-16(13-17)14-23-11-9-20(10-12-23)15-21-27(24,25)19-8-3-2-7-18(19)22-20/h2-8,13,22H,9-12,14-15H2,1H3,(H-,21,24,25). The number of nitrogens with zero attached hydrogens (tertiary/aromatic N) is 1. The molecule has 7 heteroatoms. The maximum atomic E-state index is 12.5. The van der Waals surface area contributed by atoms with Gasteiger partial charge in [-0.15, -0.1) is 4.72 Å². The van der Waals surface area contributed by atoms with Crippen LogP contribution in [0, 0.1) is 0 Å². The number of likely N-dealkylation sites (tertiary alicyclic amines) is 1. The Morgan fingerprint density at radius 3 is 2.74 bits per heavy atom. The molecule has 1 atom stereocenters. The molecule has 2 aromatic rings. The van der Waals surface area contributed by atoms with E-state index in [4.69, 9.17) is 4.74 Å². The second-order valence-electron chi connectivity index (χ2n) is 7.35. The Bertz CT molecular complexity index is 865. The van der Waals surface area contributed by atoms with Crippen LogP contribution in [-0.4, -0.2) is 41.7 Å². The van der Waals surface area contributed by atoms with Crippen LogP contribution in [0.15, 0.2) is 53.4 Å². The molecule has 2 N–H and O–H groups in total. The van der Waals surface area contributed by atoms with E-state index in [1.807, 2.05) is 24.3 Å². The zero-order chi connectivity index (χ0) is 18.9. The van der Waals surface area contributed by atoms with E-state index in [2.05, 4.69) is 27.1 Å². The Morgan fingerprint density at radius 2 is 1.96 bits per heavy atom. The number of ether oxygens (including phenoxy) is 1. The van der Waals surface area contributed by atoms with Gasteiger partial charge in [-0.3, -0.25) is 4.90 Å². The number of sulfonamides is 1. The molecule has 144 valence electrons. The van der Waals surface area contributed by atoms with Crippen LogP contribution in [0.4, 0.5) is 5.69 Å². The predicted molar refractivity (Wildman–Crippen MR) is 105 cm³/mol. The maximum Gasteiger partial charge on any atom is 0.198 e. The highest BCUT2D eigenvalue weighted by Gasteiger charge is 2.41. The third-order valence-corrected chi connectivity index (χ3v) is 6.99. The van der Waals surface area contributed by atoms with Crippen LogP contribution < -0.4 is 14.8 Å². The molecular weight excluding hydrogens is 362 g/mol. The topological polar surface area (TPSA) is 76.7 Å². The van der Waals surface area contributed by atoms with Gasteiger partial charge in [0.05, 0.1) is 24.9 Å². The number of rotatable bonds is 3. The zero-order valence-electron chi connectivity index (χ0n) is 15.4. The molecule has 1 spiro atoms. The number of hydrogen-bond donors (Lipinski definition) is 2. The van der Waals surface area contributed by atoms with Crippen LogP contribution in [-0.2, 0) is 21.2 Å². The van der Waals surface area contributed by atoms with Crippen molar-refractivity contribution < 1.29 is 13.5 Å². The zero-order valence-corrected chi connectivity index (χ0v) is 16.3. The Balaban J connectivity index is 1.46. The van der Waals surface area contributed by atoms with E-state index in [9.17, 15) is 8.76 Å². The summed E-state index contributed by atoms with van der Waals surface area (Å²) < 4.78 is 33.1. The normalized spacial score (nSPS) is 24.7. The Labute approximate surface area is 161 Å². The molecule has 2 aliphatic heterocycles. The molecule has 0 bridgehead atoms. The summed E-state index contributed by atoms with van der Waals surface area (Å²) in [6.07, 6.45) is 1.77. The van der Waals surface area contributed by atoms with Crippen molar-refractivity contribution in [2.75, 3.05) is 32.1 Å². The fourth-order valence-corrected chi connectivity index (χ4v) is 5.20. The first-order valence-electron chi connectivity index (χ1n) is 9.22. The molecule has 2 aromatic carbocycles. The Hall–Kier alpha value is -1.93. The van der Waals surface area contributed by atoms with Gasteiger partial charge in [-0.2, -0.15) is 0 Å². The molecule has 1 fully saturated rings. The minimum absolute atomic E-state index is 0.245. The van der Waals surface area contributed by atoms with Crippen molar-refractivity contribution >= 4 is 16.1 Å². The van der Waals surface area contributed by atoms with Gasteiger partial charge in [0.15, 0.2) is 15.3 Å². The van der Waals surface area contributed by atoms with Crippen molar-refractivity contribution in [3.8, 4) is 5.75 Å². The van der Waals surface area contributed by atoms with Crippen LogP contribution in [0.2, 0.25) is 0 Å².